The highest BCUT2D eigenvalue weighted by Crippen LogP contribution is 2.37. The van der Waals surface area contributed by atoms with E-state index in [2.05, 4.69) is 75.3 Å². The molecule has 4 rings (SSSR count). The Balaban J connectivity index is 1.78. The molecule has 0 saturated carbocycles. The lowest BCUT2D eigenvalue weighted by atomic mass is 9.92. The molecule has 1 atom stereocenters. The van der Waals surface area contributed by atoms with Crippen LogP contribution in [-0.4, -0.2) is 12.6 Å². The van der Waals surface area contributed by atoms with Gasteiger partial charge in [0.05, 0.1) is 17.4 Å². The number of halogens is 1. The van der Waals surface area contributed by atoms with Gasteiger partial charge in [0.1, 0.15) is 0 Å². The molecule has 2 nitrogen and oxygen atoms in total. The van der Waals surface area contributed by atoms with Gasteiger partial charge in [0.25, 0.3) is 0 Å². The Morgan fingerprint density at radius 2 is 1.95 bits per heavy atom. The van der Waals surface area contributed by atoms with Gasteiger partial charge in [-0.2, -0.15) is 0 Å². The number of rotatable bonds is 0. The molecule has 2 aliphatic rings. The van der Waals surface area contributed by atoms with Gasteiger partial charge in [0.2, 0.25) is 0 Å². The van der Waals surface area contributed by atoms with Crippen LogP contribution in [0.3, 0.4) is 0 Å². The highest BCUT2D eigenvalue weighted by atomic mass is 127. The zero-order chi connectivity index (χ0) is 12.8. The first kappa shape index (κ1) is 11.6. The number of nitrogens with one attached hydrogen (secondary N) is 1. The second-order valence-electron chi connectivity index (χ2n) is 5.30. The van der Waals surface area contributed by atoms with E-state index in [4.69, 9.17) is 0 Å². The molecule has 2 heterocycles. The summed E-state index contributed by atoms with van der Waals surface area (Å²) in [6.07, 6.45) is 1.15. The fourth-order valence-electron chi connectivity index (χ4n) is 3.18. The fraction of sp³-hybridized carbons (Fsp3) is 0.250. The van der Waals surface area contributed by atoms with Gasteiger partial charge < -0.3 is 10.2 Å². The zero-order valence-corrected chi connectivity index (χ0v) is 12.7. The van der Waals surface area contributed by atoms with E-state index >= 15 is 0 Å². The minimum absolute atomic E-state index is 0.586. The molecule has 0 saturated heterocycles. The first-order valence-electron chi connectivity index (χ1n) is 6.68. The lowest BCUT2D eigenvalue weighted by Crippen LogP contribution is -2.47. The van der Waals surface area contributed by atoms with E-state index in [-0.39, 0.29) is 0 Å². The minimum Gasteiger partial charge on any atom is -0.381 e. The molecule has 0 spiro atoms. The van der Waals surface area contributed by atoms with Crippen LogP contribution in [0.15, 0.2) is 42.5 Å². The molecule has 19 heavy (non-hydrogen) atoms. The molecule has 0 aliphatic carbocycles. The summed E-state index contributed by atoms with van der Waals surface area (Å²) >= 11 is 2.38. The van der Waals surface area contributed by atoms with Gasteiger partial charge in [-0.25, -0.2) is 0 Å². The number of hydrogen-bond acceptors (Lipinski definition) is 2. The van der Waals surface area contributed by atoms with Gasteiger partial charge in [0, 0.05) is 16.7 Å². The Kier molecular flexibility index (Phi) is 2.69. The normalized spacial score (nSPS) is 20.1. The van der Waals surface area contributed by atoms with Crippen molar-refractivity contribution in [3.8, 4) is 0 Å². The number of anilines is 2. The van der Waals surface area contributed by atoms with E-state index < -0.39 is 0 Å². The van der Waals surface area contributed by atoms with Crippen molar-refractivity contribution < 1.29 is 0 Å². The van der Waals surface area contributed by atoms with Crippen LogP contribution in [0.2, 0.25) is 0 Å². The molecule has 1 N–H and O–H groups in total. The monoisotopic (exact) mass is 362 g/mol. The molecule has 96 valence electrons. The van der Waals surface area contributed by atoms with Crippen molar-refractivity contribution in [2.24, 2.45) is 0 Å². The number of benzene rings is 2. The maximum Gasteiger partial charge on any atom is 0.0609 e. The Morgan fingerprint density at radius 3 is 2.84 bits per heavy atom. The molecule has 0 fully saturated rings. The summed E-state index contributed by atoms with van der Waals surface area (Å²) in [5.41, 5.74) is 5.62. The molecule has 1 unspecified atom stereocenters. The maximum absolute atomic E-state index is 3.59. The SMILES string of the molecule is Ic1ccc2c(c1)NCC1Cc3ccccc3CN21. The molecular weight excluding hydrogens is 347 g/mol. The first-order chi connectivity index (χ1) is 9.31. The topological polar surface area (TPSA) is 15.3 Å². The average Bonchev–Trinajstić information content (AvgIpc) is 2.44. The number of fused-ring (bicyclic) bond motifs is 4. The highest BCUT2D eigenvalue weighted by molar-refractivity contribution is 14.1. The summed E-state index contributed by atoms with van der Waals surface area (Å²) in [4.78, 5) is 2.56. The van der Waals surface area contributed by atoms with Crippen LogP contribution >= 0.6 is 22.6 Å². The van der Waals surface area contributed by atoms with Crippen LogP contribution in [0.1, 0.15) is 11.1 Å². The van der Waals surface area contributed by atoms with Gasteiger partial charge in [-0.1, -0.05) is 24.3 Å². The second-order valence-corrected chi connectivity index (χ2v) is 6.54. The van der Waals surface area contributed by atoms with Gasteiger partial charge in [-0.05, 0) is 58.3 Å². The fourth-order valence-corrected chi connectivity index (χ4v) is 3.67. The van der Waals surface area contributed by atoms with Crippen molar-refractivity contribution in [3.05, 3.63) is 57.2 Å². The summed E-state index contributed by atoms with van der Waals surface area (Å²) in [5, 5.41) is 3.59. The predicted molar refractivity (Wildman–Crippen MR) is 87.8 cm³/mol. The standard InChI is InChI=1S/C16H15IN2/c17-13-5-6-16-15(8-13)18-9-14-7-11-3-1-2-4-12(11)10-19(14)16/h1-6,8,14,18H,7,9-10H2. The molecule has 2 aromatic carbocycles. The number of nitrogens with zero attached hydrogens (tertiary/aromatic N) is 1. The third-order valence-corrected chi connectivity index (χ3v) is 4.82. The van der Waals surface area contributed by atoms with Crippen molar-refractivity contribution >= 4 is 34.0 Å². The minimum atomic E-state index is 0.586. The molecule has 0 amide bonds. The summed E-state index contributed by atoms with van der Waals surface area (Å²) in [6, 6.07) is 16.1. The predicted octanol–water partition coefficient (Wildman–Crippen LogP) is 3.65. The number of hydrogen-bond donors (Lipinski definition) is 1. The summed E-state index contributed by atoms with van der Waals surface area (Å²) in [7, 11) is 0. The van der Waals surface area contributed by atoms with Gasteiger partial charge in [-0.3, -0.25) is 0 Å². The van der Waals surface area contributed by atoms with Crippen LogP contribution in [0.5, 0.6) is 0 Å². The highest BCUT2D eigenvalue weighted by Gasteiger charge is 2.30. The Bertz CT molecular complexity index is 638. The third-order valence-electron chi connectivity index (χ3n) is 4.15. The smallest absolute Gasteiger partial charge is 0.0609 e. The Morgan fingerprint density at radius 1 is 1.11 bits per heavy atom. The third kappa shape index (κ3) is 1.91. The molecule has 3 heteroatoms. The Hall–Kier alpha value is -1.23. The molecule has 0 bridgehead atoms. The van der Waals surface area contributed by atoms with Crippen LogP contribution < -0.4 is 10.2 Å². The summed E-state index contributed by atoms with van der Waals surface area (Å²) < 4.78 is 1.29. The lowest BCUT2D eigenvalue weighted by molar-refractivity contribution is 0.562. The van der Waals surface area contributed by atoms with Crippen molar-refractivity contribution in [1.82, 2.24) is 0 Å². The first-order valence-corrected chi connectivity index (χ1v) is 7.76. The van der Waals surface area contributed by atoms with E-state index in [1.807, 2.05) is 0 Å². The summed E-state index contributed by atoms with van der Waals surface area (Å²) in [5.74, 6) is 0. The average molecular weight is 362 g/mol. The molecular formula is C16H15IN2. The van der Waals surface area contributed by atoms with Crippen molar-refractivity contribution in [1.29, 1.82) is 0 Å². The Labute approximate surface area is 127 Å². The van der Waals surface area contributed by atoms with Gasteiger partial charge in [-0.15, -0.1) is 0 Å². The van der Waals surface area contributed by atoms with E-state index in [1.165, 1.54) is 26.1 Å². The van der Waals surface area contributed by atoms with Gasteiger partial charge in [0.15, 0.2) is 0 Å². The van der Waals surface area contributed by atoms with Crippen LogP contribution in [0.4, 0.5) is 11.4 Å². The molecule has 2 aromatic rings. The molecule has 0 aromatic heterocycles. The summed E-state index contributed by atoms with van der Waals surface area (Å²) in [6.45, 7) is 2.08. The molecule has 2 aliphatic heterocycles. The van der Waals surface area contributed by atoms with Crippen LogP contribution in [-0.2, 0) is 13.0 Å². The van der Waals surface area contributed by atoms with Crippen molar-refractivity contribution in [2.75, 3.05) is 16.8 Å². The lowest BCUT2D eigenvalue weighted by Gasteiger charge is -2.43. The van der Waals surface area contributed by atoms with Crippen molar-refractivity contribution in [2.45, 2.75) is 19.0 Å². The van der Waals surface area contributed by atoms with Crippen LogP contribution in [0.25, 0.3) is 0 Å². The second kappa shape index (κ2) is 4.40. The molecule has 0 radical (unpaired) electrons. The van der Waals surface area contributed by atoms with E-state index in [0.29, 0.717) is 6.04 Å². The zero-order valence-electron chi connectivity index (χ0n) is 10.6. The van der Waals surface area contributed by atoms with Gasteiger partial charge >= 0.3 is 0 Å². The largest absolute Gasteiger partial charge is 0.381 e. The van der Waals surface area contributed by atoms with E-state index in [9.17, 15) is 0 Å². The van der Waals surface area contributed by atoms with Crippen molar-refractivity contribution in [3.63, 3.8) is 0 Å². The quantitative estimate of drug-likeness (QED) is 0.720. The van der Waals surface area contributed by atoms with E-state index in [0.717, 1.165) is 19.5 Å². The van der Waals surface area contributed by atoms with E-state index in [1.54, 1.807) is 0 Å². The van der Waals surface area contributed by atoms with Crippen LogP contribution in [0, 0.1) is 3.57 Å². The maximum atomic E-state index is 3.59.